The van der Waals surface area contributed by atoms with Crippen LogP contribution in [0.2, 0.25) is 5.02 Å². The van der Waals surface area contributed by atoms with Gasteiger partial charge in [-0.3, -0.25) is 9.59 Å². The molecule has 2 aromatic carbocycles. The van der Waals surface area contributed by atoms with E-state index in [1.807, 2.05) is 33.8 Å². The fraction of sp³-hybridized carbons (Fsp3) is 0.433. The second-order valence-electron chi connectivity index (χ2n) is 10.8. The van der Waals surface area contributed by atoms with E-state index in [9.17, 15) is 14.4 Å². The Kier molecular flexibility index (Phi) is 9.99. The zero-order valence-corrected chi connectivity index (χ0v) is 24.2. The van der Waals surface area contributed by atoms with Gasteiger partial charge < -0.3 is 20.3 Å². The van der Waals surface area contributed by atoms with Crippen LogP contribution in [0.3, 0.4) is 0 Å². The van der Waals surface area contributed by atoms with Gasteiger partial charge in [0.2, 0.25) is 5.91 Å². The second-order valence-corrected chi connectivity index (χ2v) is 11.2. The van der Waals surface area contributed by atoms with E-state index in [0.717, 1.165) is 5.56 Å². The summed E-state index contributed by atoms with van der Waals surface area (Å²) in [5, 5.41) is 5.90. The highest BCUT2D eigenvalue weighted by molar-refractivity contribution is 6.34. The molecule has 2 atom stereocenters. The number of ether oxygens (including phenoxy) is 1. The molecule has 2 aromatic rings. The molecular weight excluding hydrogens is 502 g/mol. The maximum absolute atomic E-state index is 14.1. The molecule has 8 heteroatoms. The van der Waals surface area contributed by atoms with Crippen molar-refractivity contribution in [2.24, 2.45) is 0 Å². The molecule has 38 heavy (non-hydrogen) atoms. The predicted octanol–water partition coefficient (Wildman–Crippen LogP) is 6.24. The number of anilines is 1. The molecule has 0 aliphatic carbocycles. The van der Waals surface area contributed by atoms with E-state index in [1.54, 1.807) is 64.1 Å². The Hall–Kier alpha value is -3.50. The van der Waals surface area contributed by atoms with Crippen molar-refractivity contribution in [3.63, 3.8) is 0 Å². The summed E-state index contributed by atoms with van der Waals surface area (Å²) in [7, 11) is 0. The second kappa shape index (κ2) is 12.4. The van der Waals surface area contributed by atoms with Gasteiger partial charge >= 0.3 is 6.09 Å². The van der Waals surface area contributed by atoms with Crippen molar-refractivity contribution >= 4 is 35.2 Å². The monoisotopic (exact) mass is 539 g/mol. The fourth-order valence-electron chi connectivity index (χ4n) is 3.95. The van der Waals surface area contributed by atoms with Gasteiger partial charge in [0.05, 0.1) is 10.7 Å². The summed E-state index contributed by atoms with van der Waals surface area (Å²) in [6, 6.07) is 10.2. The van der Waals surface area contributed by atoms with E-state index < -0.39 is 41.1 Å². The van der Waals surface area contributed by atoms with E-state index in [2.05, 4.69) is 16.6 Å². The smallest absolute Gasteiger partial charge is 0.408 e. The zero-order chi connectivity index (χ0) is 28.8. The van der Waals surface area contributed by atoms with Gasteiger partial charge in [-0.2, -0.15) is 0 Å². The summed E-state index contributed by atoms with van der Waals surface area (Å²) in [5.41, 5.74) is 0.625. The lowest BCUT2D eigenvalue weighted by Gasteiger charge is -2.44. The molecule has 0 aliphatic heterocycles. The standard InChI is InChI=1S/C30H38ClN3O4/c1-10-21-16-12-13-17-22(21)25(26(35)33-24-19(3)15-14-18-23(24)31)34(30(8,9)11-2)27(36)20(4)32-28(37)38-29(5,6)7/h1,12-18,20,25H,11H2,2-9H3,(H,32,37)(H,33,35). The van der Waals surface area contributed by atoms with E-state index in [1.165, 1.54) is 4.90 Å². The van der Waals surface area contributed by atoms with Crippen LogP contribution in [0.5, 0.6) is 0 Å². The van der Waals surface area contributed by atoms with Gasteiger partial charge in [0.1, 0.15) is 17.7 Å². The van der Waals surface area contributed by atoms with E-state index in [0.29, 0.717) is 28.3 Å². The van der Waals surface area contributed by atoms with Gasteiger partial charge in [0, 0.05) is 11.1 Å². The van der Waals surface area contributed by atoms with Crippen LogP contribution in [0.15, 0.2) is 42.5 Å². The third-order valence-corrected chi connectivity index (χ3v) is 6.56. The number of amides is 3. The Bertz CT molecular complexity index is 1210. The number of halogens is 1. The van der Waals surface area contributed by atoms with Crippen molar-refractivity contribution in [1.29, 1.82) is 0 Å². The van der Waals surface area contributed by atoms with E-state index in [-0.39, 0.29) is 0 Å². The van der Waals surface area contributed by atoms with Gasteiger partial charge in [0.15, 0.2) is 0 Å². The quantitative estimate of drug-likeness (QED) is 0.389. The number of rotatable bonds is 8. The van der Waals surface area contributed by atoms with Crippen LogP contribution in [0.25, 0.3) is 0 Å². The molecule has 0 spiro atoms. The molecule has 0 saturated heterocycles. The Morgan fingerprint density at radius 2 is 1.71 bits per heavy atom. The molecule has 0 aliphatic rings. The predicted molar refractivity (Wildman–Crippen MR) is 152 cm³/mol. The van der Waals surface area contributed by atoms with E-state index in [4.69, 9.17) is 22.8 Å². The fourth-order valence-corrected chi connectivity index (χ4v) is 4.22. The highest BCUT2D eigenvalue weighted by Crippen LogP contribution is 2.35. The first kappa shape index (κ1) is 30.7. The average Bonchev–Trinajstić information content (AvgIpc) is 2.82. The van der Waals surface area contributed by atoms with Crippen LogP contribution in [-0.2, 0) is 14.3 Å². The van der Waals surface area contributed by atoms with Crippen molar-refractivity contribution in [2.45, 2.75) is 85.0 Å². The number of aryl methyl sites for hydroxylation is 1. The largest absolute Gasteiger partial charge is 0.444 e. The molecule has 0 heterocycles. The van der Waals surface area contributed by atoms with Crippen LogP contribution in [-0.4, -0.2) is 40.0 Å². The molecule has 0 bridgehead atoms. The maximum atomic E-state index is 14.1. The number of nitrogens with one attached hydrogen (secondary N) is 2. The van der Waals surface area contributed by atoms with Crippen molar-refractivity contribution in [3.8, 4) is 12.3 Å². The van der Waals surface area contributed by atoms with Crippen LogP contribution in [0, 0.1) is 19.3 Å². The lowest BCUT2D eigenvalue weighted by molar-refractivity contribution is -0.147. The first-order chi connectivity index (χ1) is 17.6. The van der Waals surface area contributed by atoms with Gasteiger partial charge in [-0.15, -0.1) is 6.42 Å². The van der Waals surface area contributed by atoms with Crippen molar-refractivity contribution in [1.82, 2.24) is 10.2 Å². The summed E-state index contributed by atoms with van der Waals surface area (Å²) >= 11 is 6.41. The number of alkyl carbamates (subject to hydrolysis) is 1. The van der Waals surface area contributed by atoms with E-state index >= 15 is 0 Å². The SMILES string of the molecule is C#Cc1ccccc1C(C(=O)Nc1c(C)cccc1Cl)N(C(=O)C(C)NC(=O)OC(C)(C)C)C(C)(C)CC. The number of hydrogen-bond acceptors (Lipinski definition) is 4. The summed E-state index contributed by atoms with van der Waals surface area (Å²) in [4.78, 5) is 42.1. The Balaban J connectivity index is 2.65. The summed E-state index contributed by atoms with van der Waals surface area (Å²) < 4.78 is 5.34. The topological polar surface area (TPSA) is 87.7 Å². The minimum atomic E-state index is -1.12. The lowest BCUT2D eigenvalue weighted by atomic mass is 9.90. The normalized spacial score (nSPS) is 13.1. The first-order valence-corrected chi connectivity index (χ1v) is 12.9. The molecule has 204 valence electrons. The summed E-state index contributed by atoms with van der Waals surface area (Å²) in [5.74, 6) is 1.68. The minimum Gasteiger partial charge on any atom is -0.444 e. The highest BCUT2D eigenvalue weighted by atomic mass is 35.5. The molecule has 2 N–H and O–H groups in total. The Morgan fingerprint density at radius 1 is 1.08 bits per heavy atom. The molecule has 2 rings (SSSR count). The lowest BCUT2D eigenvalue weighted by Crippen LogP contribution is -2.58. The van der Waals surface area contributed by atoms with Crippen LogP contribution in [0.1, 0.15) is 77.6 Å². The molecule has 0 saturated carbocycles. The molecular formula is C30H38ClN3O4. The van der Waals surface area contributed by atoms with Crippen molar-refractivity contribution in [3.05, 3.63) is 64.2 Å². The summed E-state index contributed by atoms with van der Waals surface area (Å²) in [6.45, 7) is 14.3. The highest BCUT2D eigenvalue weighted by Gasteiger charge is 2.43. The van der Waals surface area contributed by atoms with Gasteiger partial charge in [-0.05, 0) is 78.1 Å². The molecule has 2 unspecified atom stereocenters. The number of nitrogens with zero attached hydrogens (tertiary/aromatic N) is 1. The van der Waals surface area contributed by atoms with Crippen LogP contribution < -0.4 is 10.6 Å². The Labute approximate surface area is 231 Å². The van der Waals surface area contributed by atoms with Crippen molar-refractivity contribution < 1.29 is 19.1 Å². The number of carbonyl (C=O) groups is 3. The molecule has 3 amide bonds. The minimum absolute atomic E-state index is 0.370. The third kappa shape index (κ3) is 7.52. The third-order valence-electron chi connectivity index (χ3n) is 6.25. The summed E-state index contributed by atoms with van der Waals surface area (Å²) in [6.07, 6.45) is 5.60. The van der Waals surface area contributed by atoms with Gasteiger partial charge in [0.25, 0.3) is 5.91 Å². The zero-order valence-electron chi connectivity index (χ0n) is 23.4. The van der Waals surface area contributed by atoms with Crippen LogP contribution >= 0.6 is 11.6 Å². The molecule has 7 nitrogen and oxygen atoms in total. The number of para-hydroxylation sites is 1. The maximum Gasteiger partial charge on any atom is 0.408 e. The van der Waals surface area contributed by atoms with Gasteiger partial charge in [-0.25, -0.2) is 4.79 Å². The first-order valence-electron chi connectivity index (χ1n) is 12.6. The van der Waals surface area contributed by atoms with Gasteiger partial charge in [-0.1, -0.05) is 54.8 Å². The number of terminal acetylenes is 1. The number of hydrogen-bond donors (Lipinski definition) is 2. The molecule has 0 radical (unpaired) electrons. The number of carbonyl (C=O) groups excluding carboxylic acids is 3. The average molecular weight is 540 g/mol. The van der Waals surface area contributed by atoms with Crippen LogP contribution in [0.4, 0.5) is 10.5 Å². The number of benzene rings is 2. The van der Waals surface area contributed by atoms with Crippen molar-refractivity contribution in [2.75, 3.05) is 5.32 Å². The molecule has 0 aromatic heterocycles. The molecule has 0 fully saturated rings. The Morgan fingerprint density at radius 3 is 2.26 bits per heavy atom.